The summed E-state index contributed by atoms with van der Waals surface area (Å²) in [4.78, 5) is 2.61. The lowest BCUT2D eigenvalue weighted by Crippen LogP contribution is -2.39. The van der Waals surface area contributed by atoms with Crippen molar-refractivity contribution in [3.63, 3.8) is 0 Å². The Balaban J connectivity index is 1.60. The number of likely N-dealkylation sites (tertiary alicyclic amines) is 1. The van der Waals surface area contributed by atoms with Gasteiger partial charge in [-0.05, 0) is 43.7 Å². The largest absolute Gasteiger partial charge is 0.469 e. The average molecular weight is 248 g/mol. The summed E-state index contributed by atoms with van der Waals surface area (Å²) in [6.07, 6.45) is 6.70. The summed E-state index contributed by atoms with van der Waals surface area (Å²) >= 11 is 0. The Morgan fingerprint density at radius 2 is 2.33 bits per heavy atom. The van der Waals surface area contributed by atoms with Crippen LogP contribution in [0.25, 0.3) is 0 Å². The molecular weight excluding hydrogens is 224 g/mol. The van der Waals surface area contributed by atoms with Gasteiger partial charge in [0.1, 0.15) is 5.76 Å². The minimum Gasteiger partial charge on any atom is -0.469 e. The molecule has 4 unspecified atom stereocenters. The van der Waals surface area contributed by atoms with Crippen LogP contribution in [-0.4, -0.2) is 30.1 Å². The Bertz CT molecular complexity index is 376. The second-order valence-electron chi connectivity index (χ2n) is 6.11. The van der Waals surface area contributed by atoms with Crippen molar-refractivity contribution in [2.24, 2.45) is 17.6 Å². The molecule has 0 radical (unpaired) electrons. The van der Waals surface area contributed by atoms with Gasteiger partial charge in [-0.25, -0.2) is 0 Å². The van der Waals surface area contributed by atoms with E-state index >= 15 is 0 Å². The third-order valence-corrected chi connectivity index (χ3v) is 4.88. The van der Waals surface area contributed by atoms with Gasteiger partial charge in [-0.15, -0.1) is 0 Å². The first-order chi connectivity index (χ1) is 8.74. The molecule has 3 heteroatoms. The van der Waals surface area contributed by atoms with Crippen molar-refractivity contribution >= 4 is 0 Å². The zero-order chi connectivity index (χ0) is 12.5. The Morgan fingerprint density at radius 3 is 3.06 bits per heavy atom. The van der Waals surface area contributed by atoms with Crippen LogP contribution in [0.2, 0.25) is 0 Å². The molecule has 18 heavy (non-hydrogen) atoms. The second-order valence-corrected chi connectivity index (χ2v) is 6.11. The normalized spacial score (nSPS) is 34.4. The highest BCUT2D eigenvalue weighted by Crippen LogP contribution is 2.36. The van der Waals surface area contributed by atoms with Crippen LogP contribution in [0.15, 0.2) is 22.8 Å². The van der Waals surface area contributed by atoms with E-state index in [1.54, 1.807) is 6.26 Å². The molecular formula is C15H24N2O. The summed E-state index contributed by atoms with van der Waals surface area (Å²) in [6.45, 7) is 4.74. The summed E-state index contributed by atoms with van der Waals surface area (Å²) in [7, 11) is 0. The highest BCUT2D eigenvalue weighted by molar-refractivity contribution is 5.02. The van der Waals surface area contributed by atoms with Gasteiger partial charge in [0, 0.05) is 31.6 Å². The van der Waals surface area contributed by atoms with Crippen LogP contribution in [0, 0.1) is 11.8 Å². The lowest BCUT2D eigenvalue weighted by Gasteiger charge is -2.30. The molecule has 3 nitrogen and oxygen atoms in total. The first kappa shape index (κ1) is 12.2. The molecule has 2 aliphatic rings. The zero-order valence-electron chi connectivity index (χ0n) is 11.2. The Hall–Kier alpha value is -0.800. The molecule has 0 amide bonds. The van der Waals surface area contributed by atoms with Crippen molar-refractivity contribution in [2.75, 3.05) is 13.1 Å². The third kappa shape index (κ3) is 2.34. The average Bonchev–Trinajstić information content (AvgIpc) is 2.97. The summed E-state index contributed by atoms with van der Waals surface area (Å²) in [5.74, 6) is 2.67. The van der Waals surface area contributed by atoms with Crippen LogP contribution < -0.4 is 5.73 Å². The van der Waals surface area contributed by atoms with E-state index in [-0.39, 0.29) is 0 Å². The number of hydrogen-bond donors (Lipinski definition) is 1. The molecule has 1 saturated heterocycles. The second kappa shape index (κ2) is 5.06. The standard InChI is InChI=1S/C15H24N2O/c1-11(8-13-5-3-7-18-13)17-9-12-4-2-6-15(16)14(12)10-17/h3,5,7,11-12,14-15H,2,4,6,8-10,16H2,1H3. The summed E-state index contributed by atoms with van der Waals surface area (Å²) < 4.78 is 5.45. The van der Waals surface area contributed by atoms with Crippen LogP contribution in [0.1, 0.15) is 31.9 Å². The van der Waals surface area contributed by atoms with Gasteiger partial charge >= 0.3 is 0 Å². The van der Waals surface area contributed by atoms with Gasteiger partial charge in [-0.3, -0.25) is 4.90 Å². The van der Waals surface area contributed by atoms with Gasteiger partial charge in [0.15, 0.2) is 0 Å². The van der Waals surface area contributed by atoms with Crippen molar-refractivity contribution in [3.8, 4) is 0 Å². The topological polar surface area (TPSA) is 42.4 Å². The number of hydrogen-bond acceptors (Lipinski definition) is 3. The molecule has 4 atom stereocenters. The Labute approximate surface area is 109 Å². The predicted octanol–water partition coefficient (Wildman–Crippen LogP) is 2.27. The van der Waals surface area contributed by atoms with Gasteiger partial charge in [0.25, 0.3) is 0 Å². The Morgan fingerprint density at radius 1 is 1.44 bits per heavy atom. The molecule has 100 valence electrons. The number of nitrogens with zero attached hydrogens (tertiary/aromatic N) is 1. The molecule has 3 rings (SSSR count). The highest BCUT2D eigenvalue weighted by Gasteiger charge is 2.39. The third-order valence-electron chi connectivity index (χ3n) is 4.88. The van der Waals surface area contributed by atoms with E-state index in [9.17, 15) is 0 Å². The maximum atomic E-state index is 6.27. The first-order valence-corrected chi connectivity index (χ1v) is 7.26. The SMILES string of the molecule is CC(Cc1ccco1)N1CC2CCCC(N)C2C1. The maximum absolute atomic E-state index is 6.27. The van der Waals surface area contributed by atoms with Gasteiger partial charge in [-0.2, -0.15) is 0 Å². The highest BCUT2D eigenvalue weighted by atomic mass is 16.3. The van der Waals surface area contributed by atoms with Crippen LogP contribution >= 0.6 is 0 Å². The minimum absolute atomic E-state index is 0.435. The van der Waals surface area contributed by atoms with Crippen molar-refractivity contribution < 1.29 is 4.42 Å². The molecule has 0 bridgehead atoms. The van der Waals surface area contributed by atoms with Crippen molar-refractivity contribution in [2.45, 2.75) is 44.7 Å². The van der Waals surface area contributed by atoms with E-state index in [1.807, 2.05) is 6.07 Å². The van der Waals surface area contributed by atoms with Crippen LogP contribution in [-0.2, 0) is 6.42 Å². The number of nitrogens with two attached hydrogens (primary N) is 1. The van der Waals surface area contributed by atoms with Gasteiger partial charge in [-0.1, -0.05) is 6.42 Å². The van der Waals surface area contributed by atoms with Gasteiger partial charge in [0.2, 0.25) is 0 Å². The zero-order valence-corrected chi connectivity index (χ0v) is 11.2. The molecule has 1 aromatic heterocycles. The molecule has 1 aliphatic carbocycles. The van der Waals surface area contributed by atoms with E-state index < -0.39 is 0 Å². The quantitative estimate of drug-likeness (QED) is 0.892. The summed E-state index contributed by atoms with van der Waals surface area (Å²) in [5.41, 5.74) is 6.27. The van der Waals surface area contributed by atoms with Crippen LogP contribution in [0.5, 0.6) is 0 Å². The van der Waals surface area contributed by atoms with Gasteiger partial charge < -0.3 is 10.2 Å². The lowest BCUT2D eigenvalue weighted by atomic mass is 9.78. The fourth-order valence-corrected chi connectivity index (χ4v) is 3.76. The summed E-state index contributed by atoms with van der Waals surface area (Å²) in [6, 6.07) is 5.05. The van der Waals surface area contributed by atoms with E-state index in [0.29, 0.717) is 12.1 Å². The smallest absolute Gasteiger partial charge is 0.105 e. The van der Waals surface area contributed by atoms with Crippen LogP contribution in [0.3, 0.4) is 0 Å². The van der Waals surface area contributed by atoms with Gasteiger partial charge in [0.05, 0.1) is 6.26 Å². The van der Waals surface area contributed by atoms with E-state index in [1.165, 1.54) is 32.4 Å². The molecule has 0 spiro atoms. The van der Waals surface area contributed by atoms with Crippen molar-refractivity contribution in [3.05, 3.63) is 24.2 Å². The minimum atomic E-state index is 0.435. The Kier molecular flexibility index (Phi) is 3.44. The molecule has 2 heterocycles. The molecule has 2 fully saturated rings. The van der Waals surface area contributed by atoms with Crippen LogP contribution in [0.4, 0.5) is 0 Å². The molecule has 1 saturated carbocycles. The predicted molar refractivity (Wildman–Crippen MR) is 72.3 cm³/mol. The number of rotatable bonds is 3. The molecule has 2 N–H and O–H groups in total. The molecule has 1 aliphatic heterocycles. The van der Waals surface area contributed by atoms with Crippen molar-refractivity contribution in [1.82, 2.24) is 4.90 Å². The summed E-state index contributed by atoms with van der Waals surface area (Å²) in [5, 5.41) is 0. The maximum Gasteiger partial charge on any atom is 0.105 e. The van der Waals surface area contributed by atoms with E-state index in [2.05, 4.69) is 17.9 Å². The fraction of sp³-hybridized carbons (Fsp3) is 0.733. The lowest BCUT2D eigenvalue weighted by molar-refractivity contribution is 0.233. The molecule has 1 aromatic rings. The monoisotopic (exact) mass is 248 g/mol. The number of furan rings is 1. The first-order valence-electron chi connectivity index (χ1n) is 7.26. The van der Waals surface area contributed by atoms with E-state index in [4.69, 9.17) is 10.2 Å². The number of fused-ring (bicyclic) bond motifs is 1. The van der Waals surface area contributed by atoms with Crippen molar-refractivity contribution in [1.29, 1.82) is 0 Å². The van der Waals surface area contributed by atoms with E-state index in [0.717, 1.165) is 24.0 Å². The fourth-order valence-electron chi connectivity index (χ4n) is 3.76. The molecule has 0 aromatic carbocycles.